The van der Waals surface area contributed by atoms with Crippen molar-refractivity contribution in [1.82, 2.24) is 15.1 Å². The van der Waals surface area contributed by atoms with Gasteiger partial charge in [-0.1, -0.05) is 13.8 Å². The third-order valence-electron chi connectivity index (χ3n) is 3.44. The molecule has 0 radical (unpaired) electrons. The molecule has 0 saturated heterocycles. The second-order valence-electron chi connectivity index (χ2n) is 7.36. The maximum Gasteiger partial charge on any atom is 0.329 e. The lowest BCUT2D eigenvalue weighted by Crippen LogP contribution is -2.45. The zero-order chi connectivity index (χ0) is 17.9. The first kappa shape index (κ1) is 19.2. The van der Waals surface area contributed by atoms with Gasteiger partial charge >= 0.3 is 5.97 Å². The molecule has 0 aliphatic carbocycles. The largest absolute Gasteiger partial charge is 0.458 e. The van der Waals surface area contributed by atoms with Crippen LogP contribution in [0.5, 0.6) is 0 Å². The molecule has 1 N–H and O–H groups in total. The molecule has 1 amide bonds. The van der Waals surface area contributed by atoms with Crippen molar-refractivity contribution in [3.63, 3.8) is 0 Å². The highest BCUT2D eigenvalue weighted by molar-refractivity contribution is 5.98. The summed E-state index contributed by atoms with van der Waals surface area (Å²) in [6.45, 7) is 13.1. The molecule has 0 spiro atoms. The highest BCUT2D eigenvalue weighted by Crippen LogP contribution is 2.16. The number of ether oxygens (including phenoxy) is 1. The fraction of sp³-hybridized carbons (Fsp3) is 0.706. The molecule has 130 valence electrons. The lowest BCUT2D eigenvalue weighted by atomic mass is 10.0. The first-order valence-corrected chi connectivity index (χ1v) is 7.96. The first-order valence-electron chi connectivity index (χ1n) is 7.96. The fourth-order valence-electron chi connectivity index (χ4n) is 2.39. The highest BCUT2D eigenvalue weighted by atomic mass is 16.6. The molecule has 0 aliphatic rings. The van der Waals surface area contributed by atoms with Crippen molar-refractivity contribution in [3.05, 3.63) is 17.0 Å². The summed E-state index contributed by atoms with van der Waals surface area (Å²) in [6.07, 6.45) is 0.527. The first-order chi connectivity index (χ1) is 10.4. The van der Waals surface area contributed by atoms with Gasteiger partial charge < -0.3 is 10.1 Å². The van der Waals surface area contributed by atoms with Crippen LogP contribution in [0.25, 0.3) is 0 Å². The second-order valence-corrected chi connectivity index (χ2v) is 7.36. The van der Waals surface area contributed by atoms with Crippen LogP contribution in [0.15, 0.2) is 0 Å². The number of rotatable bonds is 5. The maximum absolute atomic E-state index is 12.6. The Morgan fingerprint density at radius 3 is 2.22 bits per heavy atom. The Kier molecular flexibility index (Phi) is 5.97. The van der Waals surface area contributed by atoms with E-state index in [4.69, 9.17) is 4.74 Å². The molecule has 23 heavy (non-hydrogen) atoms. The Balaban J connectivity index is 2.96. The average Bonchev–Trinajstić information content (AvgIpc) is 2.59. The number of hydrogen-bond acceptors (Lipinski definition) is 4. The average molecular weight is 323 g/mol. The van der Waals surface area contributed by atoms with Crippen molar-refractivity contribution in [1.29, 1.82) is 0 Å². The number of nitrogens with one attached hydrogen (secondary N) is 1. The molecule has 0 saturated carbocycles. The number of nitrogens with zero attached hydrogens (tertiary/aromatic N) is 2. The Morgan fingerprint density at radius 2 is 1.83 bits per heavy atom. The zero-order valence-corrected chi connectivity index (χ0v) is 15.5. The molecule has 1 atom stereocenters. The topological polar surface area (TPSA) is 73.2 Å². The van der Waals surface area contributed by atoms with Crippen molar-refractivity contribution in [2.75, 3.05) is 0 Å². The van der Waals surface area contributed by atoms with Gasteiger partial charge in [0, 0.05) is 12.7 Å². The minimum atomic E-state index is -0.666. The Labute approximate surface area is 138 Å². The Morgan fingerprint density at radius 1 is 1.26 bits per heavy atom. The summed E-state index contributed by atoms with van der Waals surface area (Å²) < 4.78 is 7.09. The van der Waals surface area contributed by atoms with Crippen LogP contribution in [0.1, 0.15) is 62.8 Å². The third kappa shape index (κ3) is 5.37. The summed E-state index contributed by atoms with van der Waals surface area (Å²) in [5.41, 5.74) is 1.35. The van der Waals surface area contributed by atoms with E-state index in [1.54, 1.807) is 18.7 Å². The maximum atomic E-state index is 12.6. The van der Waals surface area contributed by atoms with Crippen LogP contribution >= 0.6 is 0 Å². The number of esters is 1. The normalized spacial score (nSPS) is 13.1. The summed E-state index contributed by atoms with van der Waals surface area (Å²) in [5.74, 6) is -0.438. The van der Waals surface area contributed by atoms with Crippen LogP contribution < -0.4 is 5.32 Å². The van der Waals surface area contributed by atoms with Crippen LogP contribution in [-0.2, 0) is 16.6 Å². The molecular weight excluding hydrogens is 294 g/mol. The number of carbonyl (C=O) groups excluding carboxylic acids is 2. The molecule has 0 fully saturated rings. The standard InChI is InChI=1S/C17H29N3O3/c1-10(2)9-13(16(22)23-17(5,6)7)18-15(21)14-11(3)19-20(8)12(14)4/h10,13H,9H2,1-8H3,(H,18,21)/t13-/m0/s1. The predicted molar refractivity (Wildman–Crippen MR) is 89.2 cm³/mol. The molecule has 0 aliphatic heterocycles. The molecule has 6 nitrogen and oxygen atoms in total. The summed E-state index contributed by atoms with van der Waals surface area (Å²) in [4.78, 5) is 25.0. The van der Waals surface area contributed by atoms with E-state index in [2.05, 4.69) is 10.4 Å². The highest BCUT2D eigenvalue weighted by Gasteiger charge is 2.29. The molecule has 1 heterocycles. The SMILES string of the molecule is Cc1nn(C)c(C)c1C(=O)N[C@@H](CC(C)C)C(=O)OC(C)(C)C. The van der Waals surface area contributed by atoms with Crippen LogP contribution in [-0.4, -0.2) is 33.3 Å². The van der Waals surface area contributed by atoms with Crippen molar-refractivity contribution in [2.45, 2.75) is 66.5 Å². The van der Waals surface area contributed by atoms with Crippen molar-refractivity contribution in [2.24, 2.45) is 13.0 Å². The van der Waals surface area contributed by atoms with Gasteiger partial charge in [-0.05, 0) is 47.0 Å². The summed E-state index contributed by atoms with van der Waals surface area (Å²) in [7, 11) is 1.79. The van der Waals surface area contributed by atoms with E-state index in [9.17, 15) is 9.59 Å². The summed E-state index contributed by atoms with van der Waals surface area (Å²) in [5, 5.41) is 7.06. The lowest BCUT2D eigenvalue weighted by molar-refractivity contribution is -0.157. The van der Waals surface area contributed by atoms with Crippen molar-refractivity contribution in [3.8, 4) is 0 Å². The van der Waals surface area contributed by atoms with Gasteiger partial charge in [0.1, 0.15) is 11.6 Å². The van der Waals surface area contributed by atoms with E-state index in [0.29, 0.717) is 17.7 Å². The molecule has 1 aromatic rings. The molecule has 0 bridgehead atoms. The van der Waals surface area contributed by atoms with E-state index in [1.807, 2.05) is 41.5 Å². The predicted octanol–water partition coefficient (Wildman–Crippen LogP) is 2.52. The van der Waals surface area contributed by atoms with Crippen LogP contribution in [0.2, 0.25) is 0 Å². The molecule has 0 aromatic carbocycles. The van der Waals surface area contributed by atoms with E-state index < -0.39 is 17.6 Å². The van der Waals surface area contributed by atoms with Crippen LogP contribution in [0, 0.1) is 19.8 Å². The summed E-state index contributed by atoms with van der Waals surface area (Å²) >= 11 is 0. The van der Waals surface area contributed by atoms with Crippen molar-refractivity contribution < 1.29 is 14.3 Å². The minimum absolute atomic E-state index is 0.254. The molecule has 6 heteroatoms. The number of hydrogen-bond donors (Lipinski definition) is 1. The lowest BCUT2D eigenvalue weighted by Gasteiger charge is -2.25. The van der Waals surface area contributed by atoms with E-state index in [0.717, 1.165) is 5.69 Å². The van der Waals surface area contributed by atoms with E-state index in [-0.39, 0.29) is 11.8 Å². The van der Waals surface area contributed by atoms with Gasteiger partial charge in [0.05, 0.1) is 11.3 Å². The number of carbonyl (C=O) groups is 2. The number of amides is 1. The van der Waals surface area contributed by atoms with Gasteiger partial charge in [-0.2, -0.15) is 5.10 Å². The van der Waals surface area contributed by atoms with Crippen LogP contribution in [0.3, 0.4) is 0 Å². The van der Waals surface area contributed by atoms with Crippen molar-refractivity contribution >= 4 is 11.9 Å². The van der Waals surface area contributed by atoms with E-state index in [1.165, 1.54) is 0 Å². The van der Waals surface area contributed by atoms with Gasteiger partial charge in [-0.25, -0.2) is 4.79 Å². The van der Waals surface area contributed by atoms with Gasteiger partial charge in [0.15, 0.2) is 0 Å². The Hall–Kier alpha value is -1.85. The number of aromatic nitrogens is 2. The number of aryl methyl sites for hydroxylation is 2. The van der Waals surface area contributed by atoms with Gasteiger partial charge in [0.25, 0.3) is 5.91 Å². The van der Waals surface area contributed by atoms with Crippen LogP contribution in [0.4, 0.5) is 0 Å². The smallest absolute Gasteiger partial charge is 0.329 e. The second kappa shape index (κ2) is 7.15. The molecule has 0 unspecified atom stereocenters. The quantitative estimate of drug-likeness (QED) is 0.845. The Bertz CT molecular complexity index is 583. The molecule has 1 rings (SSSR count). The van der Waals surface area contributed by atoms with E-state index >= 15 is 0 Å². The third-order valence-corrected chi connectivity index (χ3v) is 3.44. The minimum Gasteiger partial charge on any atom is -0.458 e. The zero-order valence-electron chi connectivity index (χ0n) is 15.5. The van der Waals surface area contributed by atoms with Gasteiger partial charge in [0.2, 0.25) is 0 Å². The van der Waals surface area contributed by atoms with Gasteiger partial charge in [-0.15, -0.1) is 0 Å². The molecular formula is C17H29N3O3. The monoisotopic (exact) mass is 323 g/mol. The fourth-order valence-corrected chi connectivity index (χ4v) is 2.39. The van der Waals surface area contributed by atoms with Gasteiger partial charge in [-0.3, -0.25) is 9.48 Å². The molecule has 1 aromatic heterocycles. The summed E-state index contributed by atoms with van der Waals surface area (Å²) in [6, 6.07) is -0.666.